The Balaban J connectivity index is 1.45. The maximum absolute atomic E-state index is 12.2. The summed E-state index contributed by atoms with van der Waals surface area (Å²) in [5.74, 6) is 2.11. The lowest BCUT2D eigenvalue weighted by atomic mass is 9.48. The van der Waals surface area contributed by atoms with Crippen LogP contribution in [0.25, 0.3) is 0 Å². The van der Waals surface area contributed by atoms with Gasteiger partial charge in [0.1, 0.15) is 0 Å². The van der Waals surface area contributed by atoms with E-state index in [1.54, 1.807) is 12.1 Å². The Hall–Kier alpha value is -1.68. The van der Waals surface area contributed by atoms with E-state index in [1.165, 1.54) is 38.5 Å². The monoisotopic (exact) mass is 326 g/mol. The van der Waals surface area contributed by atoms with Crippen LogP contribution in [0.15, 0.2) is 35.4 Å². The predicted octanol–water partition coefficient (Wildman–Crippen LogP) is 3.43. The Morgan fingerprint density at radius 3 is 2.21 bits per heavy atom. The second-order valence-electron chi connectivity index (χ2n) is 8.18. The van der Waals surface area contributed by atoms with Gasteiger partial charge >= 0.3 is 0 Å². The summed E-state index contributed by atoms with van der Waals surface area (Å²) >= 11 is 0. The van der Waals surface area contributed by atoms with E-state index in [0.717, 1.165) is 23.5 Å². The van der Waals surface area contributed by atoms with Crippen molar-refractivity contribution in [3.8, 4) is 0 Å². The molecule has 4 aliphatic rings. The Bertz CT molecular complexity index is 618. The lowest BCUT2D eigenvalue weighted by molar-refractivity contribution is -0.129. The van der Waals surface area contributed by atoms with E-state index >= 15 is 0 Å². The van der Waals surface area contributed by atoms with Gasteiger partial charge in [0.05, 0.1) is 0 Å². The van der Waals surface area contributed by atoms with Crippen LogP contribution in [0.3, 0.4) is 0 Å². The molecule has 128 valence electrons. The van der Waals surface area contributed by atoms with Gasteiger partial charge in [0.25, 0.3) is 5.91 Å². The van der Waals surface area contributed by atoms with E-state index in [0.29, 0.717) is 5.56 Å². The molecule has 0 aliphatic heterocycles. The molecule has 4 bridgehead atoms. The van der Waals surface area contributed by atoms with Crippen LogP contribution in [0.5, 0.6) is 0 Å². The summed E-state index contributed by atoms with van der Waals surface area (Å²) in [6.07, 6.45) is 6.70. The number of carbonyl (C=O) groups excluding carboxylic acids is 1. The molecule has 0 heterocycles. The van der Waals surface area contributed by atoms with Gasteiger partial charge < -0.3 is 5.11 Å². The molecular formula is C20H26N2O2. The number of aliphatic hydroxyl groups excluding tert-OH is 1. The molecule has 4 saturated carbocycles. The lowest BCUT2D eigenvalue weighted by Crippen LogP contribution is -2.49. The zero-order valence-corrected chi connectivity index (χ0v) is 14.2. The largest absolute Gasteiger partial charge is 0.378 e. The van der Waals surface area contributed by atoms with Gasteiger partial charge in [0.15, 0.2) is 6.10 Å². The third kappa shape index (κ3) is 2.77. The van der Waals surface area contributed by atoms with E-state index in [1.807, 2.05) is 18.2 Å². The molecule has 1 aromatic rings. The predicted molar refractivity (Wildman–Crippen MR) is 93.3 cm³/mol. The summed E-state index contributed by atoms with van der Waals surface area (Å²) in [7, 11) is 0. The van der Waals surface area contributed by atoms with Crippen LogP contribution in [0.4, 0.5) is 0 Å². The maximum atomic E-state index is 12.2. The standard InChI is InChI=1S/C20H26N2O2/c1-13(20-10-14-7-15(11-20)9-16(8-14)12-20)21-22-19(24)18(23)17-5-3-2-4-6-17/h2-6,14-16,18,23H,7-12H2,1H3,(H,22,24)/b21-13-. The molecule has 4 heteroatoms. The van der Waals surface area contributed by atoms with Crippen LogP contribution >= 0.6 is 0 Å². The highest BCUT2D eigenvalue weighted by Gasteiger charge is 2.52. The fraction of sp³-hybridized carbons (Fsp3) is 0.600. The molecule has 2 N–H and O–H groups in total. The molecule has 0 radical (unpaired) electrons. The van der Waals surface area contributed by atoms with E-state index in [-0.39, 0.29) is 5.41 Å². The van der Waals surface area contributed by atoms with Gasteiger partial charge in [0, 0.05) is 11.1 Å². The smallest absolute Gasteiger partial charge is 0.273 e. The molecule has 4 fully saturated rings. The molecular weight excluding hydrogens is 300 g/mol. The van der Waals surface area contributed by atoms with Crippen LogP contribution in [0.1, 0.15) is 57.1 Å². The molecule has 1 amide bonds. The van der Waals surface area contributed by atoms with Crippen molar-refractivity contribution >= 4 is 11.6 Å². The van der Waals surface area contributed by atoms with Crippen LogP contribution in [0, 0.1) is 23.2 Å². The highest BCUT2D eigenvalue weighted by atomic mass is 16.3. The number of carbonyl (C=O) groups is 1. The summed E-state index contributed by atoms with van der Waals surface area (Å²) < 4.78 is 0. The Morgan fingerprint density at radius 1 is 1.12 bits per heavy atom. The molecule has 0 aromatic heterocycles. The van der Waals surface area contributed by atoms with E-state index in [9.17, 15) is 9.90 Å². The van der Waals surface area contributed by atoms with Crippen molar-refractivity contribution < 1.29 is 9.90 Å². The lowest BCUT2D eigenvalue weighted by Gasteiger charge is -2.56. The summed E-state index contributed by atoms with van der Waals surface area (Å²) in [4.78, 5) is 12.2. The van der Waals surface area contributed by atoms with E-state index in [2.05, 4.69) is 17.5 Å². The van der Waals surface area contributed by atoms with Crippen LogP contribution in [0.2, 0.25) is 0 Å². The second-order valence-corrected chi connectivity index (χ2v) is 8.18. The van der Waals surface area contributed by atoms with Gasteiger partial charge in [-0.05, 0) is 68.8 Å². The number of hydrogen-bond donors (Lipinski definition) is 2. The topological polar surface area (TPSA) is 61.7 Å². The first kappa shape index (κ1) is 15.8. The number of aliphatic hydroxyl groups is 1. The molecule has 24 heavy (non-hydrogen) atoms. The number of rotatable bonds is 4. The number of hydrogen-bond acceptors (Lipinski definition) is 3. The minimum atomic E-state index is -1.17. The number of hydrazone groups is 1. The first-order valence-electron chi connectivity index (χ1n) is 9.13. The Kier molecular flexibility index (Phi) is 3.95. The third-order valence-electron chi connectivity index (χ3n) is 6.50. The second kappa shape index (κ2) is 5.99. The summed E-state index contributed by atoms with van der Waals surface area (Å²) in [5, 5.41) is 14.6. The molecule has 4 nitrogen and oxygen atoms in total. The zero-order valence-electron chi connectivity index (χ0n) is 14.2. The Morgan fingerprint density at radius 2 is 1.67 bits per heavy atom. The summed E-state index contributed by atoms with van der Waals surface area (Å²) in [5.41, 5.74) is 4.45. The molecule has 0 spiro atoms. The molecule has 1 aromatic carbocycles. The molecule has 1 unspecified atom stereocenters. The van der Waals surface area contributed by atoms with Gasteiger partial charge in [0.2, 0.25) is 0 Å². The third-order valence-corrected chi connectivity index (χ3v) is 6.50. The van der Waals surface area contributed by atoms with E-state index in [4.69, 9.17) is 0 Å². The average Bonchev–Trinajstić information content (AvgIpc) is 2.58. The molecule has 1 atom stereocenters. The van der Waals surface area contributed by atoms with Crippen molar-refractivity contribution in [1.29, 1.82) is 0 Å². The van der Waals surface area contributed by atoms with Gasteiger partial charge in [-0.3, -0.25) is 4.79 Å². The zero-order chi connectivity index (χ0) is 16.7. The van der Waals surface area contributed by atoms with Crippen molar-refractivity contribution in [2.45, 2.75) is 51.6 Å². The summed E-state index contributed by atoms with van der Waals surface area (Å²) in [6, 6.07) is 8.99. The van der Waals surface area contributed by atoms with Gasteiger partial charge in [-0.2, -0.15) is 5.10 Å². The van der Waals surface area contributed by atoms with Crippen LogP contribution in [-0.2, 0) is 4.79 Å². The van der Waals surface area contributed by atoms with Gasteiger partial charge in [-0.1, -0.05) is 30.3 Å². The van der Waals surface area contributed by atoms with Crippen molar-refractivity contribution in [1.82, 2.24) is 5.43 Å². The highest BCUT2D eigenvalue weighted by molar-refractivity contribution is 5.90. The molecule has 4 aliphatic carbocycles. The molecule has 5 rings (SSSR count). The fourth-order valence-corrected chi connectivity index (χ4v) is 5.66. The van der Waals surface area contributed by atoms with Gasteiger partial charge in [-0.25, -0.2) is 5.43 Å². The average molecular weight is 326 g/mol. The first-order valence-corrected chi connectivity index (χ1v) is 9.13. The number of nitrogens with one attached hydrogen (secondary N) is 1. The number of benzene rings is 1. The fourth-order valence-electron chi connectivity index (χ4n) is 5.66. The van der Waals surface area contributed by atoms with Crippen molar-refractivity contribution in [3.63, 3.8) is 0 Å². The normalized spacial score (nSPS) is 35.8. The first-order chi connectivity index (χ1) is 11.6. The van der Waals surface area contributed by atoms with Crippen molar-refractivity contribution in [3.05, 3.63) is 35.9 Å². The van der Waals surface area contributed by atoms with Crippen LogP contribution in [-0.4, -0.2) is 16.7 Å². The maximum Gasteiger partial charge on any atom is 0.273 e. The minimum absolute atomic E-state index is 0.194. The SMILES string of the molecule is C/C(=N/NC(=O)C(O)c1ccccc1)C12CC3CC(CC(C3)C1)C2. The minimum Gasteiger partial charge on any atom is -0.378 e. The molecule has 0 saturated heterocycles. The Labute approximate surface area is 143 Å². The van der Waals surface area contributed by atoms with Crippen molar-refractivity contribution in [2.24, 2.45) is 28.3 Å². The van der Waals surface area contributed by atoms with Crippen LogP contribution < -0.4 is 5.43 Å². The number of amides is 1. The quantitative estimate of drug-likeness (QED) is 0.658. The van der Waals surface area contributed by atoms with E-state index < -0.39 is 12.0 Å². The number of nitrogens with zero attached hydrogens (tertiary/aromatic N) is 1. The summed E-state index contributed by atoms with van der Waals surface area (Å²) in [6.45, 7) is 2.06. The van der Waals surface area contributed by atoms with Crippen molar-refractivity contribution in [2.75, 3.05) is 0 Å². The van der Waals surface area contributed by atoms with Gasteiger partial charge in [-0.15, -0.1) is 0 Å². The highest BCUT2D eigenvalue weighted by Crippen LogP contribution is 2.60.